The number of carboxylic acid groups (broad SMARTS) is 1. The van der Waals surface area contributed by atoms with Crippen molar-refractivity contribution in [2.75, 3.05) is 5.32 Å². The van der Waals surface area contributed by atoms with Crippen LogP contribution in [0.5, 0.6) is 0 Å². The molecule has 0 unspecified atom stereocenters. The fourth-order valence-electron chi connectivity index (χ4n) is 1.45. The van der Waals surface area contributed by atoms with E-state index < -0.39 is 17.7 Å². The summed E-state index contributed by atoms with van der Waals surface area (Å²) < 4.78 is 14.1. The van der Waals surface area contributed by atoms with Crippen LogP contribution in [0.4, 0.5) is 10.2 Å². The Hall–Kier alpha value is -2.28. The van der Waals surface area contributed by atoms with E-state index in [0.717, 1.165) is 6.20 Å². The van der Waals surface area contributed by atoms with Gasteiger partial charge in [-0.1, -0.05) is 15.9 Å². The zero-order valence-electron chi connectivity index (χ0n) is 9.93. The van der Waals surface area contributed by atoms with Crippen molar-refractivity contribution in [3.63, 3.8) is 0 Å². The number of rotatable bonds is 3. The molecule has 7 heteroatoms. The SMILES string of the molecule is O=C(O)c1ccc(NC(=O)c2ccc(Br)cc2F)nc1. The molecule has 0 aliphatic heterocycles. The topological polar surface area (TPSA) is 79.3 Å². The predicted octanol–water partition coefficient (Wildman–Crippen LogP) is 2.93. The van der Waals surface area contributed by atoms with Gasteiger partial charge in [-0.3, -0.25) is 4.79 Å². The van der Waals surface area contributed by atoms with Gasteiger partial charge in [0.05, 0.1) is 11.1 Å². The van der Waals surface area contributed by atoms with E-state index in [2.05, 4.69) is 26.2 Å². The number of hydrogen-bond acceptors (Lipinski definition) is 3. The van der Waals surface area contributed by atoms with E-state index in [1.54, 1.807) is 6.07 Å². The summed E-state index contributed by atoms with van der Waals surface area (Å²) in [6.07, 6.45) is 1.11. The Bertz CT molecular complexity index is 674. The maximum atomic E-state index is 13.6. The molecule has 1 heterocycles. The molecular formula is C13H8BrFN2O3. The molecule has 0 saturated heterocycles. The highest BCUT2D eigenvalue weighted by Gasteiger charge is 2.13. The number of carbonyl (C=O) groups is 2. The van der Waals surface area contributed by atoms with Gasteiger partial charge in [-0.25, -0.2) is 14.2 Å². The third kappa shape index (κ3) is 3.18. The van der Waals surface area contributed by atoms with E-state index in [1.165, 1.54) is 24.3 Å². The third-order valence-electron chi connectivity index (χ3n) is 2.43. The third-order valence-corrected chi connectivity index (χ3v) is 2.92. The van der Waals surface area contributed by atoms with Crippen molar-refractivity contribution in [3.8, 4) is 0 Å². The number of amides is 1. The van der Waals surface area contributed by atoms with Crippen LogP contribution in [-0.2, 0) is 0 Å². The van der Waals surface area contributed by atoms with Gasteiger partial charge >= 0.3 is 5.97 Å². The van der Waals surface area contributed by atoms with Crippen LogP contribution < -0.4 is 5.32 Å². The van der Waals surface area contributed by atoms with Crippen molar-refractivity contribution in [3.05, 3.63) is 57.9 Å². The number of anilines is 1. The number of hydrogen-bond donors (Lipinski definition) is 2. The molecule has 0 spiro atoms. The Kier molecular flexibility index (Phi) is 4.09. The normalized spacial score (nSPS) is 10.1. The predicted molar refractivity (Wildman–Crippen MR) is 73.2 cm³/mol. The highest BCUT2D eigenvalue weighted by atomic mass is 79.9. The molecule has 2 aromatic rings. The monoisotopic (exact) mass is 338 g/mol. The number of halogens is 2. The van der Waals surface area contributed by atoms with E-state index in [0.29, 0.717) is 4.47 Å². The summed E-state index contributed by atoms with van der Waals surface area (Å²) in [5.74, 6) is -2.30. The van der Waals surface area contributed by atoms with Crippen LogP contribution in [-0.4, -0.2) is 22.0 Å². The van der Waals surface area contributed by atoms with E-state index in [4.69, 9.17) is 5.11 Å². The highest BCUT2D eigenvalue weighted by molar-refractivity contribution is 9.10. The second-order valence-electron chi connectivity index (χ2n) is 3.82. The first kappa shape index (κ1) is 14.1. The van der Waals surface area contributed by atoms with Crippen molar-refractivity contribution in [1.82, 2.24) is 4.98 Å². The number of carbonyl (C=O) groups excluding carboxylic acids is 1. The fraction of sp³-hybridized carbons (Fsp3) is 0. The standard InChI is InChI=1S/C13H8BrFN2O3/c14-8-2-3-9(10(15)5-8)12(18)17-11-4-1-7(6-16-11)13(19)20/h1-6H,(H,19,20)(H,16,17,18). The van der Waals surface area contributed by atoms with Crippen LogP contribution in [0, 0.1) is 5.82 Å². The van der Waals surface area contributed by atoms with Gasteiger partial charge < -0.3 is 10.4 Å². The van der Waals surface area contributed by atoms with Crippen molar-refractivity contribution >= 4 is 33.6 Å². The highest BCUT2D eigenvalue weighted by Crippen LogP contribution is 2.16. The van der Waals surface area contributed by atoms with Crippen LogP contribution in [0.15, 0.2) is 41.0 Å². The number of pyridine rings is 1. The minimum absolute atomic E-state index is 0.00202. The van der Waals surface area contributed by atoms with Gasteiger partial charge in [0.2, 0.25) is 0 Å². The molecular weight excluding hydrogens is 331 g/mol. The molecule has 1 aromatic carbocycles. The van der Waals surface area contributed by atoms with Crippen LogP contribution in [0.3, 0.4) is 0 Å². The second-order valence-corrected chi connectivity index (χ2v) is 4.73. The summed E-state index contributed by atoms with van der Waals surface area (Å²) in [4.78, 5) is 26.3. The molecule has 0 aliphatic rings. The fourth-order valence-corrected chi connectivity index (χ4v) is 1.78. The molecule has 102 valence electrons. The van der Waals surface area contributed by atoms with Crippen molar-refractivity contribution in [1.29, 1.82) is 0 Å². The molecule has 2 rings (SSSR count). The quantitative estimate of drug-likeness (QED) is 0.901. The lowest BCUT2D eigenvalue weighted by Gasteiger charge is -2.06. The number of benzene rings is 1. The van der Waals surface area contributed by atoms with Gasteiger partial charge in [0.15, 0.2) is 0 Å². The summed E-state index contributed by atoms with van der Waals surface area (Å²) in [5.41, 5.74) is -0.130. The molecule has 0 atom stereocenters. The molecule has 0 bridgehead atoms. The Morgan fingerprint density at radius 1 is 1.25 bits per heavy atom. The Balaban J connectivity index is 2.17. The molecule has 0 aliphatic carbocycles. The minimum Gasteiger partial charge on any atom is -0.478 e. The van der Waals surface area contributed by atoms with Crippen molar-refractivity contribution in [2.45, 2.75) is 0 Å². The Morgan fingerprint density at radius 3 is 2.55 bits per heavy atom. The van der Waals surface area contributed by atoms with Gasteiger partial charge in [0.1, 0.15) is 11.6 Å². The summed E-state index contributed by atoms with van der Waals surface area (Å²) in [6, 6.07) is 6.68. The van der Waals surface area contributed by atoms with Crippen LogP contribution in [0.1, 0.15) is 20.7 Å². The lowest BCUT2D eigenvalue weighted by atomic mass is 10.2. The molecule has 5 nitrogen and oxygen atoms in total. The van der Waals surface area contributed by atoms with Crippen LogP contribution >= 0.6 is 15.9 Å². The maximum Gasteiger partial charge on any atom is 0.337 e. The first-order valence-electron chi connectivity index (χ1n) is 5.43. The number of carboxylic acids is 1. The summed E-state index contributed by atoms with van der Waals surface area (Å²) in [5, 5.41) is 11.1. The molecule has 0 saturated carbocycles. The number of aromatic nitrogens is 1. The molecule has 0 radical (unpaired) electrons. The summed E-state index contributed by atoms with van der Waals surface area (Å²) in [6.45, 7) is 0. The maximum absolute atomic E-state index is 13.6. The number of nitrogens with one attached hydrogen (secondary N) is 1. The first-order valence-corrected chi connectivity index (χ1v) is 6.22. The second kappa shape index (κ2) is 5.79. The van der Waals surface area contributed by atoms with Gasteiger partial charge in [-0.15, -0.1) is 0 Å². The molecule has 1 aromatic heterocycles. The lowest BCUT2D eigenvalue weighted by molar-refractivity contribution is 0.0696. The van der Waals surface area contributed by atoms with Gasteiger partial charge in [0, 0.05) is 10.7 Å². The van der Waals surface area contributed by atoms with Crippen molar-refractivity contribution < 1.29 is 19.1 Å². The average Bonchev–Trinajstić information content (AvgIpc) is 2.39. The summed E-state index contributed by atoms with van der Waals surface area (Å²) >= 11 is 3.09. The van der Waals surface area contributed by atoms with E-state index in [-0.39, 0.29) is 16.9 Å². The largest absolute Gasteiger partial charge is 0.478 e. The average molecular weight is 339 g/mol. The molecule has 0 fully saturated rings. The van der Waals surface area contributed by atoms with E-state index in [1.807, 2.05) is 0 Å². The van der Waals surface area contributed by atoms with E-state index in [9.17, 15) is 14.0 Å². The minimum atomic E-state index is -1.12. The van der Waals surface area contributed by atoms with Gasteiger partial charge in [0.25, 0.3) is 5.91 Å². The number of nitrogens with zero attached hydrogens (tertiary/aromatic N) is 1. The van der Waals surface area contributed by atoms with Gasteiger partial charge in [-0.2, -0.15) is 0 Å². The molecule has 1 amide bonds. The first-order chi connectivity index (χ1) is 9.47. The Morgan fingerprint density at radius 2 is 2.00 bits per heavy atom. The van der Waals surface area contributed by atoms with Crippen LogP contribution in [0.25, 0.3) is 0 Å². The number of aromatic carboxylic acids is 1. The Labute approximate surface area is 121 Å². The molecule has 20 heavy (non-hydrogen) atoms. The summed E-state index contributed by atoms with van der Waals surface area (Å²) in [7, 11) is 0. The lowest BCUT2D eigenvalue weighted by Crippen LogP contribution is -2.14. The zero-order chi connectivity index (χ0) is 14.7. The van der Waals surface area contributed by atoms with E-state index >= 15 is 0 Å². The van der Waals surface area contributed by atoms with Crippen LogP contribution in [0.2, 0.25) is 0 Å². The smallest absolute Gasteiger partial charge is 0.337 e. The van der Waals surface area contributed by atoms with Gasteiger partial charge in [-0.05, 0) is 30.3 Å². The molecule has 2 N–H and O–H groups in total. The zero-order valence-corrected chi connectivity index (χ0v) is 11.5. The van der Waals surface area contributed by atoms with Crippen molar-refractivity contribution in [2.24, 2.45) is 0 Å².